The zero-order valence-corrected chi connectivity index (χ0v) is 16.5. The first-order valence-corrected chi connectivity index (χ1v) is 10.4. The molecule has 0 spiro atoms. The maximum absolute atomic E-state index is 11.3. The maximum Gasteiger partial charge on any atom is 0.481 e. The standard InChI is InChI=1S/C11H20N4O8P2S/c1-6(13-3-8-4-14-7(2)15-11(8)12)10(26)9(16)5-22-25(20,21)23-24(17,18)19/h4,9,13,16,26H,3,5H2,1-2H3,(H,20,21)(H2,12,14,15)(H2,17,18,19)/b10-6-/t9-/m1/s1. The SMILES string of the molecule is C/C(NCc1cnc(C)nc1N)=C(/S)[C@H](O)COP(=O)(O)OP(=O)(O)O. The molecule has 0 amide bonds. The third-order valence-electron chi connectivity index (χ3n) is 2.87. The van der Waals surface area contributed by atoms with Gasteiger partial charge in [0.1, 0.15) is 17.7 Å². The van der Waals surface area contributed by atoms with E-state index < -0.39 is 28.4 Å². The van der Waals surface area contributed by atoms with Crippen LogP contribution in [0.3, 0.4) is 0 Å². The van der Waals surface area contributed by atoms with Gasteiger partial charge in [0.2, 0.25) is 0 Å². The predicted octanol–water partition coefficient (Wildman–Crippen LogP) is 0.205. The average molecular weight is 430 g/mol. The molecular formula is C11H20N4O8P2S. The van der Waals surface area contributed by atoms with Crippen molar-refractivity contribution in [1.82, 2.24) is 15.3 Å². The first kappa shape index (κ1) is 23.0. The number of nitrogen functional groups attached to an aromatic ring is 1. The van der Waals surface area contributed by atoms with Crippen LogP contribution >= 0.6 is 28.3 Å². The quantitative estimate of drug-likeness (QED) is 0.208. The molecule has 148 valence electrons. The van der Waals surface area contributed by atoms with Crippen molar-refractivity contribution in [2.45, 2.75) is 26.5 Å². The van der Waals surface area contributed by atoms with Crippen LogP contribution in [0.5, 0.6) is 0 Å². The smallest absolute Gasteiger partial charge is 0.385 e. The molecule has 7 N–H and O–H groups in total. The van der Waals surface area contributed by atoms with Gasteiger partial charge in [-0.1, -0.05) is 0 Å². The Labute approximate surface area is 154 Å². The van der Waals surface area contributed by atoms with Crippen molar-refractivity contribution in [2.24, 2.45) is 0 Å². The van der Waals surface area contributed by atoms with Gasteiger partial charge in [0, 0.05) is 28.9 Å². The largest absolute Gasteiger partial charge is 0.481 e. The Morgan fingerprint density at radius 3 is 2.58 bits per heavy atom. The summed E-state index contributed by atoms with van der Waals surface area (Å²) in [6, 6.07) is 0. The van der Waals surface area contributed by atoms with Crippen molar-refractivity contribution in [3.05, 3.63) is 28.2 Å². The van der Waals surface area contributed by atoms with Crippen LogP contribution < -0.4 is 11.1 Å². The Hall–Kier alpha value is -1.01. The van der Waals surface area contributed by atoms with E-state index in [-0.39, 0.29) is 11.4 Å². The third-order valence-corrected chi connectivity index (χ3v) is 5.65. The van der Waals surface area contributed by atoms with E-state index in [1.54, 1.807) is 13.8 Å². The van der Waals surface area contributed by atoms with E-state index in [9.17, 15) is 14.2 Å². The summed E-state index contributed by atoms with van der Waals surface area (Å²) in [6.45, 7) is 2.70. The number of allylic oxidation sites excluding steroid dienone is 1. The van der Waals surface area contributed by atoms with E-state index in [4.69, 9.17) is 20.4 Å². The van der Waals surface area contributed by atoms with Gasteiger partial charge in [-0.25, -0.2) is 19.1 Å². The number of aromatic nitrogens is 2. The number of aliphatic hydroxyl groups is 1. The number of rotatable bonds is 9. The molecule has 2 atom stereocenters. The highest BCUT2D eigenvalue weighted by Gasteiger charge is 2.33. The molecule has 0 aromatic carbocycles. The van der Waals surface area contributed by atoms with Gasteiger partial charge in [-0.2, -0.15) is 4.31 Å². The number of hydrogen-bond acceptors (Lipinski definition) is 10. The Kier molecular flexibility index (Phi) is 8.21. The summed E-state index contributed by atoms with van der Waals surface area (Å²) in [6.07, 6.45) is 0.0789. The molecule has 0 fully saturated rings. The molecule has 0 saturated heterocycles. The summed E-state index contributed by atoms with van der Waals surface area (Å²) in [5, 5.41) is 12.8. The number of thiol groups is 1. The van der Waals surface area contributed by atoms with E-state index in [0.717, 1.165) is 0 Å². The van der Waals surface area contributed by atoms with Crippen LogP contribution in [-0.2, 0) is 24.5 Å². The summed E-state index contributed by atoms with van der Waals surface area (Å²) >= 11 is 4.08. The van der Waals surface area contributed by atoms with E-state index in [1.807, 2.05) is 0 Å². The number of hydrogen-bond donors (Lipinski definition) is 7. The highest BCUT2D eigenvalue weighted by Crippen LogP contribution is 2.57. The van der Waals surface area contributed by atoms with Crippen LogP contribution in [0.25, 0.3) is 0 Å². The van der Waals surface area contributed by atoms with Crippen LogP contribution in [0.15, 0.2) is 16.8 Å². The molecule has 0 bridgehead atoms. The van der Waals surface area contributed by atoms with Crippen molar-refractivity contribution in [3.8, 4) is 0 Å². The van der Waals surface area contributed by atoms with Gasteiger partial charge < -0.3 is 30.8 Å². The lowest BCUT2D eigenvalue weighted by atomic mass is 10.2. The zero-order valence-electron chi connectivity index (χ0n) is 13.8. The topological polar surface area (TPSA) is 197 Å². The van der Waals surface area contributed by atoms with Gasteiger partial charge in [0.25, 0.3) is 0 Å². The minimum Gasteiger partial charge on any atom is -0.385 e. The molecule has 1 heterocycles. The van der Waals surface area contributed by atoms with E-state index >= 15 is 0 Å². The van der Waals surface area contributed by atoms with Gasteiger partial charge in [0.05, 0.1) is 6.61 Å². The van der Waals surface area contributed by atoms with Crippen LogP contribution in [0.1, 0.15) is 18.3 Å². The molecule has 1 rings (SSSR count). The number of aryl methyl sites for hydroxylation is 1. The summed E-state index contributed by atoms with van der Waals surface area (Å²) in [7, 11) is -10.3. The molecule has 1 aromatic rings. The molecule has 0 aliphatic carbocycles. The highest BCUT2D eigenvalue weighted by atomic mass is 32.1. The molecule has 0 aliphatic heterocycles. The van der Waals surface area contributed by atoms with Crippen LogP contribution in [-0.4, -0.2) is 42.5 Å². The van der Waals surface area contributed by atoms with Gasteiger partial charge in [-0.3, -0.25) is 4.52 Å². The van der Waals surface area contributed by atoms with Crippen molar-refractivity contribution < 1.29 is 37.8 Å². The van der Waals surface area contributed by atoms with E-state index in [0.29, 0.717) is 22.9 Å². The number of phosphoric acid groups is 2. The average Bonchev–Trinajstić information content (AvgIpc) is 2.48. The summed E-state index contributed by atoms with van der Waals surface area (Å²) in [4.78, 5) is 34.2. The third kappa shape index (κ3) is 8.12. The van der Waals surface area contributed by atoms with Crippen LogP contribution in [0, 0.1) is 6.92 Å². The van der Waals surface area contributed by atoms with Crippen LogP contribution in [0.2, 0.25) is 0 Å². The number of nitrogens with zero attached hydrogens (tertiary/aromatic N) is 2. The monoisotopic (exact) mass is 430 g/mol. The normalized spacial score (nSPS) is 16.6. The second-order valence-electron chi connectivity index (χ2n) is 5.04. The Morgan fingerprint density at radius 1 is 1.42 bits per heavy atom. The lowest BCUT2D eigenvalue weighted by Gasteiger charge is -2.18. The number of nitrogens with two attached hydrogens (primary N) is 1. The fraction of sp³-hybridized carbons (Fsp3) is 0.455. The minimum atomic E-state index is -5.23. The summed E-state index contributed by atoms with van der Waals surface area (Å²) in [5.74, 6) is 0.810. The van der Waals surface area contributed by atoms with Crippen molar-refractivity contribution >= 4 is 34.1 Å². The van der Waals surface area contributed by atoms with Gasteiger partial charge >= 0.3 is 15.6 Å². The Bertz CT molecular complexity index is 771. The number of aliphatic hydroxyl groups excluding tert-OH is 1. The molecule has 12 nitrogen and oxygen atoms in total. The van der Waals surface area contributed by atoms with E-state index in [1.165, 1.54) is 6.20 Å². The molecule has 0 radical (unpaired) electrons. The van der Waals surface area contributed by atoms with Crippen molar-refractivity contribution in [3.63, 3.8) is 0 Å². The van der Waals surface area contributed by atoms with Crippen molar-refractivity contribution in [1.29, 1.82) is 0 Å². The first-order valence-electron chi connectivity index (χ1n) is 6.94. The Morgan fingerprint density at radius 2 is 2.04 bits per heavy atom. The zero-order chi connectivity index (χ0) is 20.1. The molecule has 1 unspecified atom stereocenters. The Balaban J connectivity index is 2.65. The number of phosphoric ester groups is 1. The fourth-order valence-corrected chi connectivity index (χ4v) is 3.37. The number of anilines is 1. The van der Waals surface area contributed by atoms with Crippen LogP contribution in [0.4, 0.5) is 5.82 Å². The van der Waals surface area contributed by atoms with Gasteiger partial charge in [0.15, 0.2) is 0 Å². The molecular weight excluding hydrogens is 410 g/mol. The second kappa shape index (κ2) is 9.27. The molecule has 15 heteroatoms. The second-order valence-corrected chi connectivity index (χ2v) is 8.36. The molecule has 0 aliphatic rings. The minimum absolute atomic E-state index is 0.0628. The first-order chi connectivity index (χ1) is 11.8. The summed E-state index contributed by atoms with van der Waals surface area (Å²) < 4.78 is 29.8. The maximum atomic E-state index is 11.3. The lowest BCUT2D eigenvalue weighted by Crippen LogP contribution is -2.21. The molecule has 1 aromatic heterocycles. The van der Waals surface area contributed by atoms with Gasteiger partial charge in [-0.15, -0.1) is 12.6 Å². The van der Waals surface area contributed by atoms with E-state index in [2.05, 4.69) is 36.7 Å². The lowest BCUT2D eigenvalue weighted by molar-refractivity contribution is 0.108. The van der Waals surface area contributed by atoms with Crippen molar-refractivity contribution in [2.75, 3.05) is 12.3 Å². The fourth-order valence-electron chi connectivity index (χ4n) is 1.62. The highest BCUT2D eigenvalue weighted by molar-refractivity contribution is 7.84. The molecule has 0 saturated carbocycles. The summed E-state index contributed by atoms with van der Waals surface area (Å²) in [5.41, 5.74) is 6.76. The predicted molar refractivity (Wildman–Crippen MR) is 94.6 cm³/mol. The number of nitrogens with one attached hydrogen (secondary N) is 1. The van der Waals surface area contributed by atoms with Gasteiger partial charge in [-0.05, 0) is 13.8 Å². The molecule has 26 heavy (non-hydrogen) atoms.